The third-order valence-electron chi connectivity index (χ3n) is 2.97. The van der Waals surface area contributed by atoms with E-state index >= 15 is 0 Å². The van der Waals surface area contributed by atoms with E-state index < -0.39 is 17.7 Å². The van der Waals surface area contributed by atoms with Crippen molar-refractivity contribution in [2.75, 3.05) is 0 Å². The zero-order valence-electron chi connectivity index (χ0n) is 10.5. The Morgan fingerprint density at radius 3 is 2.53 bits per heavy atom. The van der Waals surface area contributed by atoms with Gasteiger partial charge in [0.1, 0.15) is 11.6 Å². The highest BCUT2D eigenvalue weighted by Crippen LogP contribution is 2.21. The van der Waals surface area contributed by atoms with Crippen molar-refractivity contribution < 1.29 is 8.78 Å². The molecule has 0 spiro atoms. The number of pyridine rings is 1. The van der Waals surface area contributed by atoms with E-state index in [0.29, 0.717) is 0 Å². The highest BCUT2D eigenvalue weighted by Gasteiger charge is 2.16. The van der Waals surface area contributed by atoms with Crippen molar-refractivity contribution in [3.8, 4) is 0 Å². The number of halogens is 2. The predicted octanol–water partition coefficient (Wildman–Crippen LogP) is 2.42. The average molecular weight is 263 g/mol. The normalized spacial score (nSPS) is 12.4. The zero-order valence-corrected chi connectivity index (χ0v) is 10.5. The van der Waals surface area contributed by atoms with Crippen LogP contribution >= 0.6 is 0 Å². The maximum Gasteiger partial charge on any atom is 0.129 e. The van der Waals surface area contributed by atoms with Crippen molar-refractivity contribution in [3.63, 3.8) is 0 Å². The molecule has 0 amide bonds. The van der Waals surface area contributed by atoms with Crippen LogP contribution in [-0.4, -0.2) is 4.98 Å². The first kappa shape index (κ1) is 13.6. The Labute approximate surface area is 110 Å². The number of aryl methyl sites for hydroxylation is 1. The van der Waals surface area contributed by atoms with Gasteiger partial charge in [-0.05, 0) is 36.6 Å². The fourth-order valence-electron chi connectivity index (χ4n) is 1.97. The lowest BCUT2D eigenvalue weighted by Crippen LogP contribution is -2.30. The second-order valence-corrected chi connectivity index (χ2v) is 4.42. The molecule has 1 aromatic heterocycles. The van der Waals surface area contributed by atoms with E-state index in [1.54, 1.807) is 12.4 Å². The molecule has 0 saturated carbocycles. The number of nitrogens with two attached hydrogens (primary N) is 1. The molecule has 19 heavy (non-hydrogen) atoms. The van der Waals surface area contributed by atoms with Crippen molar-refractivity contribution in [1.82, 2.24) is 10.4 Å². The van der Waals surface area contributed by atoms with Crippen LogP contribution in [0, 0.1) is 18.6 Å². The highest BCUT2D eigenvalue weighted by atomic mass is 19.1. The molecule has 0 radical (unpaired) electrons. The van der Waals surface area contributed by atoms with Crippen LogP contribution in [0.2, 0.25) is 0 Å². The van der Waals surface area contributed by atoms with E-state index in [1.165, 1.54) is 18.2 Å². The van der Waals surface area contributed by atoms with Crippen LogP contribution in [0.25, 0.3) is 0 Å². The molecule has 1 aromatic carbocycles. The van der Waals surface area contributed by atoms with Crippen LogP contribution in [0.15, 0.2) is 36.7 Å². The predicted molar refractivity (Wildman–Crippen MR) is 69.1 cm³/mol. The summed E-state index contributed by atoms with van der Waals surface area (Å²) in [5, 5.41) is 0. The summed E-state index contributed by atoms with van der Waals surface area (Å²) in [6.07, 6.45) is 3.47. The topological polar surface area (TPSA) is 50.9 Å². The van der Waals surface area contributed by atoms with Crippen molar-refractivity contribution in [1.29, 1.82) is 0 Å². The van der Waals surface area contributed by atoms with Gasteiger partial charge in [-0.2, -0.15) is 0 Å². The lowest BCUT2D eigenvalue weighted by molar-refractivity contribution is 0.499. The number of benzene rings is 1. The van der Waals surface area contributed by atoms with Gasteiger partial charge in [0, 0.05) is 18.0 Å². The van der Waals surface area contributed by atoms with E-state index in [4.69, 9.17) is 5.84 Å². The number of hydrogen-bond acceptors (Lipinski definition) is 3. The number of rotatable bonds is 4. The average Bonchev–Trinajstić information content (AvgIpc) is 2.38. The van der Waals surface area contributed by atoms with Crippen LogP contribution in [0.4, 0.5) is 8.78 Å². The molecule has 1 atom stereocenters. The van der Waals surface area contributed by atoms with Crippen molar-refractivity contribution in [2.45, 2.75) is 19.4 Å². The van der Waals surface area contributed by atoms with E-state index in [0.717, 1.165) is 11.1 Å². The van der Waals surface area contributed by atoms with Gasteiger partial charge in [0.25, 0.3) is 0 Å². The zero-order chi connectivity index (χ0) is 13.8. The summed E-state index contributed by atoms with van der Waals surface area (Å²) in [4.78, 5) is 4.06. The Kier molecular flexibility index (Phi) is 4.19. The van der Waals surface area contributed by atoms with Crippen LogP contribution in [0.1, 0.15) is 22.7 Å². The molecule has 5 heteroatoms. The quantitative estimate of drug-likeness (QED) is 0.658. The summed E-state index contributed by atoms with van der Waals surface area (Å²) in [5.74, 6) is 4.34. The first-order valence-corrected chi connectivity index (χ1v) is 5.92. The van der Waals surface area contributed by atoms with Crippen molar-refractivity contribution >= 4 is 0 Å². The summed E-state index contributed by atoms with van der Waals surface area (Å²) >= 11 is 0. The number of nitrogens with one attached hydrogen (secondary N) is 1. The Morgan fingerprint density at radius 2 is 1.95 bits per heavy atom. The smallest absolute Gasteiger partial charge is 0.129 e. The monoisotopic (exact) mass is 263 g/mol. The summed E-state index contributed by atoms with van der Waals surface area (Å²) in [6, 6.07) is 5.31. The molecule has 1 heterocycles. The maximum absolute atomic E-state index is 13.6. The summed E-state index contributed by atoms with van der Waals surface area (Å²) < 4.78 is 27.2. The fourth-order valence-corrected chi connectivity index (χ4v) is 1.97. The van der Waals surface area contributed by atoms with Gasteiger partial charge < -0.3 is 0 Å². The molecule has 0 aliphatic rings. The largest absolute Gasteiger partial charge is 0.271 e. The first-order chi connectivity index (χ1) is 9.11. The van der Waals surface area contributed by atoms with E-state index in [9.17, 15) is 8.78 Å². The van der Waals surface area contributed by atoms with Crippen LogP contribution in [0.3, 0.4) is 0 Å². The summed E-state index contributed by atoms with van der Waals surface area (Å²) in [7, 11) is 0. The second kappa shape index (κ2) is 5.86. The Hall–Kier alpha value is -1.85. The SMILES string of the molecule is Cc1cncc(C(Cc2c(F)cccc2F)NN)c1. The second-order valence-electron chi connectivity index (χ2n) is 4.42. The van der Waals surface area contributed by atoms with Gasteiger partial charge in [0.15, 0.2) is 0 Å². The number of nitrogens with zero attached hydrogens (tertiary/aromatic N) is 1. The van der Waals surface area contributed by atoms with Gasteiger partial charge in [-0.25, -0.2) is 8.78 Å². The molecule has 1 unspecified atom stereocenters. The molecular weight excluding hydrogens is 248 g/mol. The van der Waals surface area contributed by atoms with E-state index in [-0.39, 0.29) is 12.0 Å². The number of hydrazine groups is 1. The third kappa shape index (κ3) is 3.13. The van der Waals surface area contributed by atoms with Gasteiger partial charge in [-0.3, -0.25) is 16.3 Å². The minimum atomic E-state index is -0.569. The van der Waals surface area contributed by atoms with Gasteiger partial charge in [0.2, 0.25) is 0 Å². The Bertz CT molecular complexity index is 552. The molecule has 100 valence electrons. The van der Waals surface area contributed by atoms with Crippen molar-refractivity contribution in [3.05, 3.63) is 65.0 Å². The fraction of sp³-hybridized carbons (Fsp3) is 0.214. The van der Waals surface area contributed by atoms with E-state index in [1.807, 2.05) is 13.0 Å². The highest BCUT2D eigenvalue weighted by molar-refractivity contribution is 5.26. The molecule has 2 aromatic rings. The van der Waals surface area contributed by atoms with Crippen molar-refractivity contribution in [2.24, 2.45) is 5.84 Å². The number of hydrogen-bond donors (Lipinski definition) is 2. The minimum Gasteiger partial charge on any atom is -0.271 e. The maximum atomic E-state index is 13.6. The number of aromatic nitrogens is 1. The molecule has 0 aliphatic carbocycles. The standard InChI is InChI=1S/C14H15F2N3/c1-9-5-10(8-18-7-9)14(19-17)6-11-12(15)3-2-4-13(11)16/h2-5,7-8,14,19H,6,17H2,1H3. The third-order valence-corrected chi connectivity index (χ3v) is 2.97. The van der Waals surface area contributed by atoms with Gasteiger partial charge in [-0.15, -0.1) is 0 Å². The molecule has 3 nitrogen and oxygen atoms in total. The lowest BCUT2D eigenvalue weighted by Gasteiger charge is -2.17. The molecule has 0 aliphatic heterocycles. The molecule has 0 fully saturated rings. The van der Waals surface area contributed by atoms with Gasteiger partial charge in [-0.1, -0.05) is 12.1 Å². The lowest BCUT2D eigenvalue weighted by atomic mass is 9.99. The van der Waals surface area contributed by atoms with Crippen LogP contribution in [-0.2, 0) is 6.42 Å². The van der Waals surface area contributed by atoms with Crippen LogP contribution < -0.4 is 11.3 Å². The molecule has 3 N–H and O–H groups in total. The Morgan fingerprint density at radius 1 is 1.26 bits per heavy atom. The van der Waals surface area contributed by atoms with Gasteiger partial charge in [0.05, 0.1) is 6.04 Å². The molecule has 0 bridgehead atoms. The molecule has 0 saturated heterocycles. The minimum absolute atomic E-state index is 0.0203. The Balaban J connectivity index is 2.29. The van der Waals surface area contributed by atoms with E-state index in [2.05, 4.69) is 10.4 Å². The first-order valence-electron chi connectivity index (χ1n) is 5.92. The summed E-state index contributed by atoms with van der Waals surface area (Å²) in [5.41, 5.74) is 4.36. The molecular formula is C14H15F2N3. The summed E-state index contributed by atoms with van der Waals surface area (Å²) in [6.45, 7) is 1.90. The van der Waals surface area contributed by atoms with Gasteiger partial charge >= 0.3 is 0 Å². The molecule has 2 rings (SSSR count). The van der Waals surface area contributed by atoms with Crippen LogP contribution in [0.5, 0.6) is 0 Å².